The Kier molecular flexibility index (Phi) is 5.07. The van der Waals surface area contributed by atoms with Gasteiger partial charge in [-0.25, -0.2) is 12.7 Å². The molecule has 0 bridgehead atoms. The molecular formula is C12H19N3O4S. The zero-order valence-corrected chi connectivity index (χ0v) is 12.6. The second-order valence-corrected chi connectivity index (χ2v) is 7.03. The van der Waals surface area contributed by atoms with Gasteiger partial charge in [0.1, 0.15) is 5.69 Å². The molecule has 0 unspecified atom stereocenters. The van der Waals surface area contributed by atoms with Crippen molar-refractivity contribution in [2.75, 3.05) is 19.3 Å². The number of nitro benzene ring substituents is 1. The second-order valence-electron chi connectivity index (χ2n) is 4.99. The molecule has 7 nitrogen and oxygen atoms in total. The maximum Gasteiger partial charge on any atom is 0.293 e. The summed E-state index contributed by atoms with van der Waals surface area (Å²) in [4.78, 5) is 9.99. The number of hydrogen-bond acceptors (Lipinski definition) is 5. The lowest BCUT2D eigenvalue weighted by atomic mass is 10.1. The number of hydrogen-bond donors (Lipinski definition) is 1. The Morgan fingerprint density at radius 2 is 2.00 bits per heavy atom. The lowest BCUT2D eigenvalue weighted by molar-refractivity contribution is -0.384. The maximum atomic E-state index is 12.3. The molecule has 112 valence electrons. The average Bonchev–Trinajstić information content (AvgIpc) is 2.35. The molecule has 0 saturated heterocycles. The predicted molar refractivity (Wildman–Crippen MR) is 76.8 cm³/mol. The van der Waals surface area contributed by atoms with Crippen molar-refractivity contribution in [2.45, 2.75) is 25.2 Å². The molecule has 1 rings (SSSR count). The van der Waals surface area contributed by atoms with Gasteiger partial charge in [0.05, 0.1) is 9.82 Å². The zero-order valence-electron chi connectivity index (χ0n) is 11.7. The highest BCUT2D eigenvalue weighted by Gasteiger charge is 2.24. The van der Waals surface area contributed by atoms with Gasteiger partial charge in [-0.2, -0.15) is 0 Å². The van der Waals surface area contributed by atoms with Gasteiger partial charge in [0.25, 0.3) is 5.69 Å². The molecule has 1 aromatic carbocycles. The van der Waals surface area contributed by atoms with Crippen LogP contribution < -0.4 is 5.73 Å². The minimum atomic E-state index is -3.73. The lowest BCUT2D eigenvalue weighted by Gasteiger charge is -2.18. The van der Waals surface area contributed by atoms with Crippen LogP contribution >= 0.6 is 0 Å². The van der Waals surface area contributed by atoms with Gasteiger partial charge in [-0.1, -0.05) is 13.8 Å². The van der Waals surface area contributed by atoms with E-state index in [0.717, 1.165) is 6.07 Å². The first-order chi connectivity index (χ1) is 9.16. The Labute approximate surface area is 118 Å². The van der Waals surface area contributed by atoms with E-state index < -0.39 is 20.6 Å². The molecule has 2 N–H and O–H groups in total. The third kappa shape index (κ3) is 3.67. The molecule has 0 aliphatic rings. The predicted octanol–water partition coefficient (Wildman–Crippen LogP) is 1.84. The Morgan fingerprint density at radius 3 is 2.50 bits per heavy atom. The summed E-state index contributed by atoms with van der Waals surface area (Å²) in [6.45, 7) is 4.35. The molecule has 0 radical (unpaired) electrons. The van der Waals surface area contributed by atoms with Crippen LogP contribution in [0.2, 0.25) is 0 Å². The molecule has 0 aliphatic carbocycles. The van der Waals surface area contributed by atoms with Crippen LogP contribution in [0.4, 0.5) is 11.4 Å². The molecule has 0 aromatic heterocycles. The topological polar surface area (TPSA) is 107 Å². The van der Waals surface area contributed by atoms with Crippen LogP contribution in [0.5, 0.6) is 0 Å². The van der Waals surface area contributed by atoms with Crippen LogP contribution in [-0.4, -0.2) is 31.2 Å². The monoisotopic (exact) mass is 301 g/mol. The second kappa shape index (κ2) is 6.19. The molecule has 8 heteroatoms. The van der Waals surface area contributed by atoms with Gasteiger partial charge in [0.15, 0.2) is 0 Å². The number of sulfonamides is 1. The van der Waals surface area contributed by atoms with Crippen LogP contribution in [0.25, 0.3) is 0 Å². The number of nitrogen functional groups attached to an aromatic ring is 1. The summed E-state index contributed by atoms with van der Waals surface area (Å²) in [5, 5.41) is 10.8. The largest absolute Gasteiger partial charge is 0.393 e. The lowest BCUT2D eigenvalue weighted by Crippen LogP contribution is -2.28. The summed E-state index contributed by atoms with van der Waals surface area (Å²) in [6, 6.07) is 3.52. The molecular weight excluding hydrogens is 282 g/mol. The van der Waals surface area contributed by atoms with E-state index in [1.54, 1.807) is 0 Å². The van der Waals surface area contributed by atoms with Gasteiger partial charge >= 0.3 is 0 Å². The van der Waals surface area contributed by atoms with E-state index in [-0.39, 0.29) is 10.6 Å². The summed E-state index contributed by atoms with van der Waals surface area (Å²) in [5.41, 5.74) is 5.00. The minimum absolute atomic E-state index is 0.0567. The molecule has 0 fully saturated rings. The number of benzene rings is 1. The van der Waals surface area contributed by atoms with Crippen LogP contribution in [0, 0.1) is 16.0 Å². The Bertz CT molecular complexity index is 599. The van der Waals surface area contributed by atoms with E-state index in [0.29, 0.717) is 18.9 Å². The highest BCUT2D eigenvalue weighted by Crippen LogP contribution is 2.26. The van der Waals surface area contributed by atoms with E-state index >= 15 is 0 Å². The molecule has 20 heavy (non-hydrogen) atoms. The van der Waals surface area contributed by atoms with Crippen molar-refractivity contribution in [1.82, 2.24) is 4.31 Å². The van der Waals surface area contributed by atoms with Crippen LogP contribution in [-0.2, 0) is 10.0 Å². The van der Waals surface area contributed by atoms with Crippen LogP contribution in [0.3, 0.4) is 0 Å². The first-order valence-electron chi connectivity index (χ1n) is 6.16. The Morgan fingerprint density at radius 1 is 1.40 bits per heavy atom. The van der Waals surface area contributed by atoms with Crippen molar-refractivity contribution >= 4 is 21.4 Å². The molecule has 0 amide bonds. The van der Waals surface area contributed by atoms with E-state index in [2.05, 4.69) is 0 Å². The summed E-state index contributed by atoms with van der Waals surface area (Å²) in [7, 11) is -2.28. The fourth-order valence-electron chi connectivity index (χ4n) is 1.58. The van der Waals surface area contributed by atoms with Gasteiger partial charge < -0.3 is 5.73 Å². The molecule has 0 saturated carbocycles. The number of nitrogens with zero attached hydrogens (tertiary/aromatic N) is 2. The highest BCUT2D eigenvalue weighted by atomic mass is 32.2. The normalized spacial score (nSPS) is 12.1. The number of nitrogens with two attached hydrogens (primary N) is 1. The molecule has 1 aromatic rings. The standard InChI is InChI=1S/C12H19N3O4S/c1-9(2)6-7-14(3)20(18,19)10-4-5-11(13)12(8-10)15(16)17/h4-5,8-9H,6-7,13H2,1-3H3. The zero-order chi connectivity index (χ0) is 15.5. The fraction of sp³-hybridized carbons (Fsp3) is 0.500. The fourth-order valence-corrected chi connectivity index (χ4v) is 2.79. The van der Waals surface area contributed by atoms with Gasteiger partial charge in [0, 0.05) is 19.7 Å². The average molecular weight is 301 g/mol. The van der Waals surface area contributed by atoms with Crippen molar-refractivity contribution in [2.24, 2.45) is 5.92 Å². The first kappa shape index (κ1) is 16.4. The van der Waals surface area contributed by atoms with Crippen LogP contribution in [0.15, 0.2) is 23.1 Å². The van der Waals surface area contributed by atoms with Gasteiger partial charge in [0.2, 0.25) is 10.0 Å². The summed E-state index contributed by atoms with van der Waals surface area (Å²) in [6.07, 6.45) is 0.715. The summed E-state index contributed by atoms with van der Waals surface area (Å²) < 4.78 is 25.8. The quantitative estimate of drug-likeness (QED) is 0.490. The minimum Gasteiger partial charge on any atom is -0.393 e. The van der Waals surface area contributed by atoms with Gasteiger partial charge in [-0.3, -0.25) is 10.1 Å². The first-order valence-corrected chi connectivity index (χ1v) is 7.60. The molecule has 0 aliphatic heterocycles. The molecule has 0 atom stereocenters. The third-order valence-corrected chi connectivity index (χ3v) is 4.78. The maximum absolute atomic E-state index is 12.3. The van der Waals surface area contributed by atoms with Gasteiger partial charge in [-0.15, -0.1) is 0 Å². The number of nitro groups is 1. The van der Waals surface area contributed by atoms with Crippen molar-refractivity contribution < 1.29 is 13.3 Å². The SMILES string of the molecule is CC(C)CCN(C)S(=O)(=O)c1ccc(N)c([N+](=O)[O-])c1. The van der Waals surface area contributed by atoms with E-state index in [4.69, 9.17) is 5.73 Å². The molecule has 0 heterocycles. The van der Waals surface area contributed by atoms with Crippen molar-refractivity contribution in [1.29, 1.82) is 0 Å². The number of anilines is 1. The number of rotatable bonds is 6. The molecule has 0 spiro atoms. The smallest absolute Gasteiger partial charge is 0.293 e. The van der Waals surface area contributed by atoms with Crippen molar-refractivity contribution in [3.63, 3.8) is 0 Å². The van der Waals surface area contributed by atoms with Crippen LogP contribution in [0.1, 0.15) is 20.3 Å². The summed E-state index contributed by atoms with van der Waals surface area (Å²) >= 11 is 0. The highest BCUT2D eigenvalue weighted by molar-refractivity contribution is 7.89. The Hall–Kier alpha value is -1.67. The van der Waals surface area contributed by atoms with Gasteiger partial charge in [-0.05, 0) is 24.5 Å². The third-order valence-electron chi connectivity index (χ3n) is 2.93. The van der Waals surface area contributed by atoms with Crippen molar-refractivity contribution in [3.8, 4) is 0 Å². The van der Waals surface area contributed by atoms with E-state index in [1.165, 1.54) is 23.5 Å². The van der Waals surface area contributed by atoms with Crippen molar-refractivity contribution in [3.05, 3.63) is 28.3 Å². The van der Waals surface area contributed by atoms with E-state index in [1.807, 2.05) is 13.8 Å². The Balaban J connectivity index is 3.09. The summed E-state index contributed by atoms with van der Waals surface area (Å²) in [5.74, 6) is 0.369. The van der Waals surface area contributed by atoms with E-state index in [9.17, 15) is 18.5 Å².